The highest BCUT2D eigenvalue weighted by Gasteiger charge is 2.35. The molecule has 2 aromatic heterocycles. The third-order valence-electron chi connectivity index (χ3n) is 4.10. The summed E-state index contributed by atoms with van der Waals surface area (Å²) in [6.45, 7) is 5.97. The van der Waals surface area contributed by atoms with Crippen LogP contribution in [0.4, 0.5) is 9.93 Å². The summed E-state index contributed by atoms with van der Waals surface area (Å²) in [5.41, 5.74) is 0.869. The maximum atomic E-state index is 12.8. The first kappa shape index (κ1) is 19.3. The number of thiazole rings is 1. The van der Waals surface area contributed by atoms with Gasteiger partial charge in [-0.3, -0.25) is 14.7 Å². The van der Waals surface area contributed by atoms with Crippen molar-refractivity contribution in [3.05, 3.63) is 29.8 Å². The molecule has 0 unspecified atom stereocenters. The molecule has 1 atom stereocenters. The van der Waals surface area contributed by atoms with Gasteiger partial charge in [-0.1, -0.05) is 6.07 Å². The number of anilines is 1. The van der Waals surface area contributed by atoms with Crippen LogP contribution in [0.1, 0.15) is 40.0 Å². The number of likely N-dealkylation sites (tertiary alicyclic amines) is 1. The summed E-state index contributed by atoms with van der Waals surface area (Å²) < 4.78 is 5.46. The fourth-order valence-corrected chi connectivity index (χ4v) is 3.60. The lowest BCUT2D eigenvalue weighted by Gasteiger charge is -2.35. The van der Waals surface area contributed by atoms with Crippen molar-refractivity contribution < 1.29 is 14.3 Å². The number of aromatic nitrogens is 2. The van der Waals surface area contributed by atoms with Crippen LogP contribution in [0.25, 0.3) is 11.4 Å². The third kappa shape index (κ3) is 5.03. The van der Waals surface area contributed by atoms with E-state index in [2.05, 4.69) is 15.3 Å². The zero-order chi connectivity index (χ0) is 19.4. The normalized spacial score (nSPS) is 17.4. The number of amides is 2. The predicted octanol–water partition coefficient (Wildman–Crippen LogP) is 3.93. The second kappa shape index (κ2) is 8.04. The quantitative estimate of drug-likeness (QED) is 0.861. The van der Waals surface area contributed by atoms with Crippen molar-refractivity contribution in [2.45, 2.75) is 51.7 Å². The molecule has 0 spiro atoms. The molecule has 1 fully saturated rings. The molecule has 0 bridgehead atoms. The minimum atomic E-state index is -0.595. The third-order valence-corrected chi connectivity index (χ3v) is 4.85. The molecule has 1 saturated heterocycles. The first-order valence-electron chi connectivity index (χ1n) is 9.01. The monoisotopic (exact) mass is 388 g/mol. The Kier molecular flexibility index (Phi) is 5.74. The Labute approximate surface area is 162 Å². The van der Waals surface area contributed by atoms with Crippen LogP contribution in [-0.2, 0) is 9.53 Å². The summed E-state index contributed by atoms with van der Waals surface area (Å²) in [5.74, 6) is -0.234. The van der Waals surface area contributed by atoms with Crippen molar-refractivity contribution in [3.63, 3.8) is 0 Å². The summed E-state index contributed by atoms with van der Waals surface area (Å²) >= 11 is 1.34. The number of hydrogen-bond acceptors (Lipinski definition) is 6. The highest BCUT2D eigenvalue weighted by Crippen LogP contribution is 2.25. The SMILES string of the molecule is CC(C)(C)OC(=O)N1CCCC[C@H]1C(=O)Nc1nc(-c2ccccn2)cs1. The maximum Gasteiger partial charge on any atom is 0.410 e. The molecule has 0 radical (unpaired) electrons. The largest absolute Gasteiger partial charge is 0.444 e. The van der Waals surface area contributed by atoms with E-state index in [0.29, 0.717) is 23.8 Å². The van der Waals surface area contributed by atoms with Crippen molar-refractivity contribution in [1.29, 1.82) is 0 Å². The number of hydrogen-bond donors (Lipinski definition) is 1. The lowest BCUT2D eigenvalue weighted by Crippen LogP contribution is -2.51. The molecule has 2 aromatic rings. The smallest absolute Gasteiger partial charge is 0.410 e. The van der Waals surface area contributed by atoms with Gasteiger partial charge in [0.2, 0.25) is 5.91 Å². The van der Waals surface area contributed by atoms with Crippen LogP contribution in [0, 0.1) is 0 Å². The van der Waals surface area contributed by atoms with Crippen molar-refractivity contribution in [1.82, 2.24) is 14.9 Å². The van der Waals surface area contributed by atoms with Gasteiger partial charge in [-0.25, -0.2) is 9.78 Å². The molecular formula is C19H24N4O3S. The summed E-state index contributed by atoms with van der Waals surface area (Å²) in [6.07, 6.45) is 3.63. The van der Waals surface area contributed by atoms with Crippen LogP contribution >= 0.6 is 11.3 Å². The Bertz CT molecular complexity index is 801. The summed E-state index contributed by atoms with van der Waals surface area (Å²) in [7, 11) is 0. The molecule has 7 nitrogen and oxygen atoms in total. The number of nitrogens with zero attached hydrogens (tertiary/aromatic N) is 3. The molecule has 8 heteroatoms. The van der Waals surface area contributed by atoms with Gasteiger partial charge in [0.15, 0.2) is 5.13 Å². The van der Waals surface area contributed by atoms with E-state index in [4.69, 9.17) is 4.74 Å². The molecular weight excluding hydrogens is 364 g/mol. The Hall–Kier alpha value is -2.48. The number of rotatable bonds is 3. The Morgan fingerprint density at radius 2 is 2.07 bits per heavy atom. The average molecular weight is 388 g/mol. The molecule has 1 aliphatic rings. The van der Waals surface area contributed by atoms with Crippen LogP contribution in [0.15, 0.2) is 29.8 Å². The standard InChI is InChI=1S/C19H24N4O3S/c1-19(2,3)26-18(25)23-11-7-5-9-15(23)16(24)22-17-21-14(12-27-17)13-8-4-6-10-20-13/h4,6,8,10,12,15H,5,7,9,11H2,1-3H3,(H,21,22,24)/t15-/m0/s1. The van der Waals surface area contributed by atoms with Crippen molar-refractivity contribution in [2.75, 3.05) is 11.9 Å². The molecule has 144 valence electrons. The fourth-order valence-electron chi connectivity index (χ4n) is 2.89. The lowest BCUT2D eigenvalue weighted by atomic mass is 10.0. The van der Waals surface area contributed by atoms with Crippen LogP contribution in [-0.4, -0.2) is 45.1 Å². The minimum Gasteiger partial charge on any atom is -0.444 e. The van der Waals surface area contributed by atoms with Crippen LogP contribution < -0.4 is 5.32 Å². The second-order valence-corrected chi connectivity index (χ2v) is 8.29. The molecule has 3 heterocycles. The molecule has 3 rings (SSSR count). The molecule has 1 N–H and O–H groups in total. The zero-order valence-electron chi connectivity index (χ0n) is 15.8. The number of carbonyl (C=O) groups excluding carboxylic acids is 2. The van der Waals surface area contributed by atoms with Gasteiger partial charge >= 0.3 is 6.09 Å². The molecule has 2 amide bonds. The van der Waals surface area contributed by atoms with E-state index >= 15 is 0 Å². The van der Waals surface area contributed by atoms with Crippen LogP contribution in [0.5, 0.6) is 0 Å². The van der Waals surface area contributed by atoms with E-state index in [0.717, 1.165) is 18.5 Å². The molecule has 0 aromatic carbocycles. The zero-order valence-corrected chi connectivity index (χ0v) is 16.6. The van der Waals surface area contributed by atoms with Gasteiger partial charge in [0, 0.05) is 18.1 Å². The Morgan fingerprint density at radius 3 is 2.78 bits per heavy atom. The van der Waals surface area contributed by atoms with E-state index < -0.39 is 17.7 Å². The average Bonchev–Trinajstić information content (AvgIpc) is 3.09. The van der Waals surface area contributed by atoms with E-state index in [1.54, 1.807) is 6.20 Å². The number of nitrogens with one attached hydrogen (secondary N) is 1. The molecule has 0 aliphatic carbocycles. The maximum absolute atomic E-state index is 12.8. The van der Waals surface area contributed by atoms with Gasteiger partial charge in [-0.2, -0.15) is 0 Å². The summed E-state index contributed by atoms with van der Waals surface area (Å²) in [6, 6.07) is 5.05. The van der Waals surface area contributed by atoms with Gasteiger partial charge in [-0.15, -0.1) is 11.3 Å². The van der Waals surface area contributed by atoms with Crippen LogP contribution in [0.2, 0.25) is 0 Å². The first-order chi connectivity index (χ1) is 12.8. The first-order valence-corrected chi connectivity index (χ1v) is 9.89. The molecule has 27 heavy (non-hydrogen) atoms. The summed E-state index contributed by atoms with van der Waals surface area (Å²) in [5, 5.41) is 5.19. The van der Waals surface area contributed by atoms with E-state index in [9.17, 15) is 9.59 Å². The number of piperidine rings is 1. The number of carbonyl (C=O) groups is 2. The highest BCUT2D eigenvalue weighted by molar-refractivity contribution is 7.14. The van der Waals surface area contributed by atoms with Crippen molar-refractivity contribution in [2.24, 2.45) is 0 Å². The van der Waals surface area contributed by atoms with Crippen molar-refractivity contribution in [3.8, 4) is 11.4 Å². The van der Waals surface area contributed by atoms with E-state index in [1.807, 2.05) is 44.4 Å². The van der Waals surface area contributed by atoms with E-state index in [-0.39, 0.29) is 5.91 Å². The van der Waals surface area contributed by atoms with Gasteiger partial charge in [0.1, 0.15) is 17.3 Å². The van der Waals surface area contributed by atoms with Crippen molar-refractivity contribution >= 4 is 28.5 Å². The predicted molar refractivity (Wildman–Crippen MR) is 105 cm³/mol. The highest BCUT2D eigenvalue weighted by atomic mass is 32.1. The lowest BCUT2D eigenvalue weighted by molar-refractivity contribution is -0.122. The number of pyridine rings is 1. The number of ether oxygens (including phenoxy) is 1. The summed E-state index contributed by atoms with van der Waals surface area (Å²) in [4.78, 5) is 35.5. The van der Waals surface area contributed by atoms with E-state index in [1.165, 1.54) is 16.2 Å². The topological polar surface area (TPSA) is 84.4 Å². The van der Waals surface area contributed by atoms with Gasteiger partial charge in [0.25, 0.3) is 0 Å². The molecule has 0 saturated carbocycles. The van der Waals surface area contributed by atoms with Crippen LogP contribution in [0.3, 0.4) is 0 Å². The van der Waals surface area contributed by atoms with Gasteiger partial charge < -0.3 is 10.1 Å². The molecule has 1 aliphatic heterocycles. The fraction of sp³-hybridized carbons (Fsp3) is 0.474. The van der Waals surface area contributed by atoms with Gasteiger partial charge in [-0.05, 0) is 52.2 Å². The second-order valence-electron chi connectivity index (χ2n) is 7.43. The minimum absolute atomic E-state index is 0.234. The van der Waals surface area contributed by atoms with Gasteiger partial charge in [0.05, 0.1) is 5.69 Å². The Balaban J connectivity index is 1.69. The Morgan fingerprint density at radius 1 is 1.26 bits per heavy atom.